The van der Waals surface area contributed by atoms with E-state index >= 15 is 0 Å². The molecule has 12 nitrogen and oxygen atoms in total. The Kier molecular flexibility index (Phi) is 32.9. The number of nitrogens with zero attached hydrogens (tertiary/aromatic N) is 4. The number of carbonyl (C=O) groups is 4. The molecular weight excluding hydrogens is 1210 g/mol. The first kappa shape index (κ1) is 74.7. The fourth-order valence-corrected chi connectivity index (χ4v) is 12.6. The molecule has 0 N–H and O–H groups in total. The summed E-state index contributed by atoms with van der Waals surface area (Å²) >= 11 is 6.43. The van der Waals surface area contributed by atoms with E-state index in [4.69, 9.17) is 17.7 Å². The third kappa shape index (κ3) is 25.9. The molecule has 0 amide bonds. The third-order valence-corrected chi connectivity index (χ3v) is 18.2. The van der Waals surface area contributed by atoms with Gasteiger partial charge in [0.25, 0.3) is 0 Å². The topological polar surface area (TPSA) is 172 Å². The SMILES string of the molecule is C.CCCC(=O)CSCc1nc(-c2ccc(C)cc2)oc1C.CCCC(=O)CSCc1nc(-c2ccc(C)cc2)oc1C.CCCC(=O)CSCc1nc(-c2ccc(CC)cc2)oc1C.Cc1ccc(-c2nc(CSCC(=O)CCc3ccccc3)c(C)o2)cc1. The highest BCUT2D eigenvalue weighted by molar-refractivity contribution is 7.99. The van der Waals surface area contributed by atoms with Crippen molar-refractivity contribution in [3.8, 4) is 45.8 Å². The van der Waals surface area contributed by atoms with Gasteiger partial charge < -0.3 is 17.7 Å². The molecule has 0 unspecified atom stereocenters. The lowest BCUT2D eigenvalue weighted by atomic mass is 10.1. The van der Waals surface area contributed by atoms with Crippen molar-refractivity contribution in [2.45, 2.75) is 164 Å². The highest BCUT2D eigenvalue weighted by Crippen LogP contribution is 2.29. The van der Waals surface area contributed by atoms with Gasteiger partial charge in [0.05, 0.1) is 45.8 Å². The summed E-state index contributed by atoms with van der Waals surface area (Å²) in [7, 11) is 0. The molecule has 5 aromatic carbocycles. The minimum atomic E-state index is 0. The highest BCUT2D eigenvalue weighted by atomic mass is 32.2. The molecule has 0 radical (unpaired) electrons. The molecule has 0 aliphatic carbocycles. The minimum absolute atomic E-state index is 0. The Morgan fingerprint density at radius 1 is 0.341 bits per heavy atom. The average Bonchev–Trinajstić information content (AvgIpc) is 3.02. The molecule has 0 fully saturated rings. The summed E-state index contributed by atoms with van der Waals surface area (Å²) in [6.07, 6.45) is 7.17. The van der Waals surface area contributed by atoms with Crippen LogP contribution in [0.2, 0.25) is 0 Å². The smallest absolute Gasteiger partial charge is 0.226 e. The van der Waals surface area contributed by atoms with Gasteiger partial charge in [0.1, 0.15) is 46.2 Å². The number of carbonyl (C=O) groups excluding carboxylic acids is 4. The van der Waals surface area contributed by atoms with Gasteiger partial charge in [-0.15, -0.1) is 47.0 Å². The molecule has 0 spiro atoms. The van der Waals surface area contributed by atoms with E-state index in [-0.39, 0.29) is 13.2 Å². The summed E-state index contributed by atoms with van der Waals surface area (Å²) in [5, 5.41) is 0. The second kappa shape index (κ2) is 40.1. The molecule has 0 bridgehead atoms. The van der Waals surface area contributed by atoms with Gasteiger partial charge in [-0.1, -0.05) is 131 Å². The Hall–Kier alpha value is -6.98. The number of aromatic nitrogens is 4. The molecule has 4 heterocycles. The zero-order chi connectivity index (χ0) is 64.8. The van der Waals surface area contributed by atoms with Gasteiger partial charge >= 0.3 is 0 Å². The van der Waals surface area contributed by atoms with Crippen LogP contribution < -0.4 is 0 Å². The van der Waals surface area contributed by atoms with Crippen molar-refractivity contribution in [1.82, 2.24) is 19.9 Å². The van der Waals surface area contributed by atoms with Crippen molar-refractivity contribution >= 4 is 70.2 Å². The van der Waals surface area contributed by atoms with Gasteiger partial charge in [0.15, 0.2) is 0 Å². The van der Waals surface area contributed by atoms with Gasteiger partial charge in [0, 0.05) is 70.9 Å². The van der Waals surface area contributed by atoms with E-state index in [2.05, 4.69) is 84.0 Å². The second-order valence-electron chi connectivity index (χ2n) is 22.1. The van der Waals surface area contributed by atoms with Gasteiger partial charge in [-0.05, 0) is 140 Å². The monoisotopic (exact) mass is 1300 g/mol. The maximum absolute atomic E-state index is 12.1. The van der Waals surface area contributed by atoms with Crippen molar-refractivity contribution in [1.29, 1.82) is 0 Å². The Bertz CT molecular complexity index is 3520. The summed E-state index contributed by atoms with van der Waals surface area (Å²) in [6.45, 7) is 22.1. The molecule has 484 valence electrons. The number of benzene rings is 5. The molecule has 16 heteroatoms. The molecular formula is C75H92N4O8S4. The number of ketones is 4. The van der Waals surface area contributed by atoms with Crippen LogP contribution in [0.1, 0.15) is 154 Å². The largest absolute Gasteiger partial charge is 0.441 e. The fourth-order valence-electron chi connectivity index (χ4n) is 8.81. The van der Waals surface area contributed by atoms with Crippen LogP contribution in [0.25, 0.3) is 45.8 Å². The van der Waals surface area contributed by atoms with Crippen LogP contribution in [0, 0.1) is 48.5 Å². The van der Waals surface area contributed by atoms with Crippen LogP contribution in [-0.2, 0) is 55.0 Å². The van der Waals surface area contributed by atoms with E-state index in [0.29, 0.717) is 95.4 Å². The van der Waals surface area contributed by atoms with Crippen molar-refractivity contribution in [3.05, 3.63) is 201 Å². The number of rotatable bonds is 30. The number of hydrogen-bond acceptors (Lipinski definition) is 16. The predicted octanol–water partition coefficient (Wildman–Crippen LogP) is 20.0. The van der Waals surface area contributed by atoms with Crippen LogP contribution in [0.5, 0.6) is 0 Å². The zero-order valence-corrected chi connectivity index (χ0v) is 57.6. The number of Topliss-reactive ketones (excluding diaryl/α,β-unsaturated/α-hetero) is 4. The fraction of sp³-hybridized carbons (Fsp3) is 0.387. The van der Waals surface area contributed by atoms with E-state index in [1.807, 2.05) is 139 Å². The predicted molar refractivity (Wildman–Crippen MR) is 381 cm³/mol. The van der Waals surface area contributed by atoms with Crippen molar-refractivity contribution < 1.29 is 36.8 Å². The first-order valence-corrected chi connectivity index (χ1v) is 35.6. The Morgan fingerprint density at radius 3 is 0.868 bits per heavy atom. The van der Waals surface area contributed by atoms with Gasteiger partial charge in [-0.25, -0.2) is 19.9 Å². The first-order valence-electron chi connectivity index (χ1n) is 31.0. The summed E-state index contributed by atoms with van der Waals surface area (Å²) in [5.41, 5.74) is 13.8. The number of oxazole rings is 4. The van der Waals surface area contributed by atoms with Crippen LogP contribution in [-0.4, -0.2) is 66.1 Å². The van der Waals surface area contributed by atoms with Crippen molar-refractivity contribution in [2.24, 2.45) is 0 Å². The van der Waals surface area contributed by atoms with Gasteiger partial charge in [0.2, 0.25) is 23.6 Å². The quantitative estimate of drug-likeness (QED) is 0.0416. The highest BCUT2D eigenvalue weighted by Gasteiger charge is 2.17. The Balaban J connectivity index is 0.000000221. The lowest BCUT2D eigenvalue weighted by Crippen LogP contribution is -2.03. The van der Waals surface area contributed by atoms with E-state index in [1.165, 1.54) is 27.8 Å². The van der Waals surface area contributed by atoms with E-state index < -0.39 is 0 Å². The maximum Gasteiger partial charge on any atom is 0.226 e. The van der Waals surface area contributed by atoms with E-state index in [9.17, 15) is 19.2 Å². The Morgan fingerprint density at radius 2 is 0.604 bits per heavy atom. The Labute approximate surface area is 557 Å². The van der Waals surface area contributed by atoms with Crippen LogP contribution in [0.3, 0.4) is 0 Å². The molecule has 9 aromatic rings. The standard InChI is InChI=1S/C22H23NO2S.C18H23NO2S.2C17H21NO2S.CH4/c1-16-8-11-19(12-9-16)22-23-21(17(2)25-22)15-26-14-20(24)13-10-18-6-4-3-5-7-18;1-4-6-16(20)11-22-12-17-13(3)21-18(19-17)15-9-7-14(5-2)8-10-15;2*1-4-5-15(19)10-21-11-16-13(3)20-17(18-16)14-8-6-12(2)7-9-14;/h3-9,11-12H,10,13-15H2,1-2H3;7-10H,4-6,11-12H2,1-3H3;2*6-9H,4-5,10-11H2,1-3H3;1H4. The van der Waals surface area contributed by atoms with Gasteiger partial charge in [-0.2, -0.15) is 0 Å². The van der Waals surface area contributed by atoms with Gasteiger partial charge in [-0.3, -0.25) is 19.2 Å². The molecule has 91 heavy (non-hydrogen) atoms. The molecule has 0 saturated carbocycles. The van der Waals surface area contributed by atoms with Crippen molar-refractivity contribution in [3.63, 3.8) is 0 Å². The molecule has 0 aliphatic rings. The maximum atomic E-state index is 12.1. The molecule has 9 rings (SSSR count). The van der Waals surface area contributed by atoms with Crippen LogP contribution in [0.15, 0.2) is 145 Å². The minimum Gasteiger partial charge on any atom is -0.441 e. The summed E-state index contributed by atoms with van der Waals surface area (Å²) in [4.78, 5) is 64.9. The lowest BCUT2D eigenvalue weighted by Gasteiger charge is -2.01. The summed E-state index contributed by atoms with van der Waals surface area (Å²) in [5.74, 6) is 12.2. The number of hydrogen-bond donors (Lipinski definition) is 0. The van der Waals surface area contributed by atoms with Crippen LogP contribution >= 0.6 is 47.0 Å². The number of thioether (sulfide) groups is 4. The zero-order valence-electron chi connectivity index (χ0n) is 54.3. The molecule has 4 aromatic heterocycles. The van der Waals surface area contributed by atoms with E-state index in [1.54, 1.807) is 47.0 Å². The van der Waals surface area contributed by atoms with E-state index in [0.717, 1.165) is 117 Å². The first-order chi connectivity index (χ1) is 43.4. The second-order valence-corrected chi connectivity index (χ2v) is 26.0. The van der Waals surface area contributed by atoms with Crippen molar-refractivity contribution in [2.75, 3.05) is 23.0 Å². The molecule has 0 aliphatic heterocycles. The summed E-state index contributed by atoms with van der Waals surface area (Å²) in [6, 6.07) is 42.8. The molecule has 0 atom stereocenters. The van der Waals surface area contributed by atoms with Crippen LogP contribution in [0.4, 0.5) is 0 Å². The third-order valence-electron chi connectivity index (χ3n) is 14.2. The molecule has 0 saturated heterocycles. The average molecular weight is 1310 g/mol. The summed E-state index contributed by atoms with van der Waals surface area (Å²) < 4.78 is 23.0. The number of aryl methyl sites for hydroxylation is 9. The lowest BCUT2D eigenvalue weighted by molar-refractivity contribution is -0.117. The normalized spacial score (nSPS) is 10.7.